The average Bonchev–Trinajstić information content (AvgIpc) is 3.44. The van der Waals surface area contributed by atoms with Crippen LogP contribution in [0.2, 0.25) is 0 Å². The number of ether oxygens (including phenoxy) is 1. The second-order valence-electron chi connectivity index (χ2n) is 6.93. The van der Waals surface area contributed by atoms with Crippen molar-refractivity contribution in [3.05, 3.63) is 84.3 Å². The van der Waals surface area contributed by atoms with Gasteiger partial charge in [0.2, 0.25) is 0 Å². The number of carbonyl (C=O) groups excluding carboxylic acids is 1. The Bertz CT molecular complexity index is 887. The molecule has 1 fully saturated rings. The Balaban J connectivity index is 1.42. The van der Waals surface area contributed by atoms with Crippen LogP contribution >= 0.6 is 0 Å². The van der Waals surface area contributed by atoms with E-state index in [-0.39, 0.29) is 11.9 Å². The van der Waals surface area contributed by atoms with Gasteiger partial charge in [0, 0.05) is 12.1 Å². The number of hydrogen-bond donors (Lipinski definition) is 1. The Hall–Kier alpha value is -3.05. The highest BCUT2D eigenvalue weighted by molar-refractivity contribution is 5.94. The monoisotopic (exact) mass is 376 g/mol. The molecule has 1 atom stereocenters. The zero-order chi connectivity index (χ0) is 19.2. The summed E-state index contributed by atoms with van der Waals surface area (Å²) in [6, 6.07) is 20.7. The first kappa shape index (κ1) is 18.3. The number of nitrogens with one attached hydrogen (secondary N) is 1. The number of hydrogen-bond acceptors (Lipinski definition) is 4. The van der Waals surface area contributed by atoms with E-state index in [1.54, 1.807) is 18.4 Å². The number of amides is 1. The lowest BCUT2D eigenvalue weighted by Gasteiger charge is -2.26. The molecule has 1 saturated heterocycles. The molecule has 1 aromatic heterocycles. The summed E-state index contributed by atoms with van der Waals surface area (Å²) in [6.07, 6.45) is 4.05. The molecule has 2 aromatic carbocycles. The summed E-state index contributed by atoms with van der Waals surface area (Å²) in [7, 11) is 0. The zero-order valence-electron chi connectivity index (χ0n) is 15.7. The van der Waals surface area contributed by atoms with Crippen LogP contribution in [0.15, 0.2) is 77.4 Å². The zero-order valence-corrected chi connectivity index (χ0v) is 15.7. The number of nitrogens with zero attached hydrogens (tertiary/aromatic N) is 1. The first-order valence-corrected chi connectivity index (χ1v) is 9.68. The molecule has 2 heterocycles. The largest absolute Gasteiger partial charge is 0.468 e. The normalized spacial score (nSPS) is 15.3. The molecular weight excluding hydrogens is 352 g/mol. The minimum absolute atomic E-state index is 0.0604. The molecule has 0 bridgehead atoms. The molecule has 0 spiro atoms. The van der Waals surface area contributed by atoms with Gasteiger partial charge in [-0.3, -0.25) is 9.69 Å². The SMILES string of the molecule is O=C(NC[C@@H](c1ccco1)N1CCCC1)c1cccc(Oc2ccccc2)c1. The van der Waals surface area contributed by atoms with Crippen molar-refractivity contribution in [2.45, 2.75) is 18.9 Å². The third-order valence-electron chi connectivity index (χ3n) is 4.98. The van der Waals surface area contributed by atoms with Crippen LogP contribution in [0.1, 0.15) is 35.0 Å². The minimum Gasteiger partial charge on any atom is -0.468 e. The predicted molar refractivity (Wildman–Crippen MR) is 108 cm³/mol. The molecule has 5 nitrogen and oxygen atoms in total. The van der Waals surface area contributed by atoms with Crippen LogP contribution in [0.3, 0.4) is 0 Å². The van der Waals surface area contributed by atoms with Crippen LogP contribution in [0.4, 0.5) is 0 Å². The van der Waals surface area contributed by atoms with Crippen molar-refractivity contribution in [1.29, 1.82) is 0 Å². The van der Waals surface area contributed by atoms with Gasteiger partial charge in [0.05, 0.1) is 12.3 Å². The second kappa shape index (κ2) is 8.76. The van der Waals surface area contributed by atoms with E-state index < -0.39 is 0 Å². The summed E-state index contributed by atoms with van der Waals surface area (Å²) >= 11 is 0. The van der Waals surface area contributed by atoms with E-state index in [1.165, 1.54) is 12.8 Å². The van der Waals surface area contributed by atoms with Gasteiger partial charge in [-0.2, -0.15) is 0 Å². The number of para-hydroxylation sites is 1. The maximum absolute atomic E-state index is 12.7. The summed E-state index contributed by atoms with van der Waals surface area (Å²) in [6.45, 7) is 2.57. The molecule has 0 unspecified atom stereocenters. The summed E-state index contributed by atoms with van der Waals surface area (Å²) in [5, 5.41) is 3.06. The van der Waals surface area contributed by atoms with E-state index in [9.17, 15) is 4.79 Å². The fraction of sp³-hybridized carbons (Fsp3) is 0.261. The van der Waals surface area contributed by atoms with E-state index in [0.29, 0.717) is 17.9 Å². The third-order valence-corrected chi connectivity index (χ3v) is 4.98. The number of likely N-dealkylation sites (tertiary alicyclic amines) is 1. The molecule has 0 saturated carbocycles. The van der Waals surface area contributed by atoms with Crippen LogP contribution < -0.4 is 10.1 Å². The van der Waals surface area contributed by atoms with E-state index in [4.69, 9.17) is 9.15 Å². The van der Waals surface area contributed by atoms with Gasteiger partial charge < -0.3 is 14.5 Å². The third kappa shape index (κ3) is 4.43. The lowest BCUT2D eigenvalue weighted by Crippen LogP contribution is -2.36. The molecule has 28 heavy (non-hydrogen) atoms. The molecule has 1 amide bonds. The van der Waals surface area contributed by atoms with Gasteiger partial charge in [0.15, 0.2) is 0 Å². The summed E-state index contributed by atoms with van der Waals surface area (Å²) in [5.41, 5.74) is 0.577. The second-order valence-corrected chi connectivity index (χ2v) is 6.93. The minimum atomic E-state index is -0.116. The molecule has 1 N–H and O–H groups in total. The van der Waals surface area contributed by atoms with Gasteiger partial charge in [-0.25, -0.2) is 0 Å². The Morgan fingerprint density at radius 1 is 1.00 bits per heavy atom. The maximum atomic E-state index is 12.7. The van der Waals surface area contributed by atoms with Gasteiger partial charge in [0.25, 0.3) is 5.91 Å². The maximum Gasteiger partial charge on any atom is 0.251 e. The van der Waals surface area contributed by atoms with Crippen molar-refractivity contribution in [1.82, 2.24) is 10.2 Å². The van der Waals surface area contributed by atoms with Gasteiger partial charge >= 0.3 is 0 Å². The highest BCUT2D eigenvalue weighted by Gasteiger charge is 2.26. The van der Waals surface area contributed by atoms with Crippen molar-refractivity contribution in [2.24, 2.45) is 0 Å². The van der Waals surface area contributed by atoms with Crippen LogP contribution in [0, 0.1) is 0 Å². The Kier molecular flexibility index (Phi) is 5.73. The fourth-order valence-corrected chi connectivity index (χ4v) is 3.56. The molecule has 0 radical (unpaired) electrons. The number of carbonyl (C=O) groups is 1. The molecule has 1 aliphatic rings. The molecule has 3 aromatic rings. The number of furan rings is 1. The smallest absolute Gasteiger partial charge is 0.251 e. The molecule has 4 rings (SSSR count). The fourth-order valence-electron chi connectivity index (χ4n) is 3.56. The standard InChI is InChI=1S/C23H24N2O3/c26-23(18-8-6-11-20(16-18)28-19-9-2-1-3-10-19)24-17-21(22-12-7-15-27-22)25-13-4-5-14-25/h1-3,6-12,15-16,21H,4-5,13-14,17H2,(H,24,26)/t21-/m0/s1. The summed E-state index contributed by atoms with van der Waals surface area (Å²) < 4.78 is 11.5. The highest BCUT2D eigenvalue weighted by atomic mass is 16.5. The van der Waals surface area contributed by atoms with Crippen molar-refractivity contribution in [3.63, 3.8) is 0 Å². The number of rotatable bonds is 7. The van der Waals surface area contributed by atoms with Gasteiger partial charge in [-0.05, 0) is 68.4 Å². The Labute approximate surface area is 164 Å². The van der Waals surface area contributed by atoms with Crippen LogP contribution in [-0.4, -0.2) is 30.4 Å². The van der Waals surface area contributed by atoms with Crippen molar-refractivity contribution < 1.29 is 13.9 Å². The van der Waals surface area contributed by atoms with E-state index in [1.807, 2.05) is 54.6 Å². The van der Waals surface area contributed by atoms with Gasteiger partial charge in [-0.15, -0.1) is 0 Å². The van der Waals surface area contributed by atoms with Crippen LogP contribution in [0.5, 0.6) is 11.5 Å². The topological polar surface area (TPSA) is 54.7 Å². The first-order chi connectivity index (χ1) is 13.8. The first-order valence-electron chi connectivity index (χ1n) is 9.68. The Morgan fingerprint density at radius 2 is 1.79 bits per heavy atom. The van der Waals surface area contributed by atoms with Crippen LogP contribution in [-0.2, 0) is 0 Å². The lowest BCUT2D eigenvalue weighted by atomic mass is 10.1. The van der Waals surface area contributed by atoms with E-state index >= 15 is 0 Å². The predicted octanol–water partition coefficient (Wildman–Crippen LogP) is 4.64. The van der Waals surface area contributed by atoms with Crippen molar-refractivity contribution >= 4 is 5.91 Å². The summed E-state index contributed by atoms with van der Waals surface area (Å²) in [4.78, 5) is 15.1. The molecule has 5 heteroatoms. The molecule has 1 aliphatic heterocycles. The molecule has 0 aliphatic carbocycles. The van der Waals surface area contributed by atoms with Gasteiger partial charge in [-0.1, -0.05) is 24.3 Å². The van der Waals surface area contributed by atoms with Crippen LogP contribution in [0.25, 0.3) is 0 Å². The molecular formula is C23H24N2O3. The Morgan fingerprint density at radius 3 is 2.54 bits per heavy atom. The van der Waals surface area contributed by atoms with E-state index in [2.05, 4.69) is 10.2 Å². The lowest BCUT2D eigenvalue weighted by molar-refractivity contribution is 0.0933. The number of benzene rings is 2. The molecule has 144 valence electrons. The quantitative estimate of drug-likeness (QED) is 0.653. The van der Waals surface area contributed by atoms with Crippen molar-refractivity contribution in [3.8, 4) is 11.5 Å². The van der Waals surface area contributed by atoms with Crippen molar-refractivity contribution in [2.75, 3.05) is 19.6 Å². The average molecular weight is 376 g/mol. The summed E-state index contributed by atoms with van der Waals surface area (Å²) in [5.74, 6) is 2.16. The van der Waals surface area contributed by atoms with Gasteiger partial charge in [0.1, 0.15) is 17.3 Å². The van der Waals surface area contributed by atoms with E-state index in [0.717, 1.165) is 24.6 Å². The highest BCUT2D eigenvalue weighted by Crippen LogP contribution is 2.25.